The van der Waals surface area contributed by atoms with Crippen LogP contribution in [0.2, 0.25) is 0 Å². The molecule has 2 aromatic rings. The maximum atomic E-state index is 12.9. The third kappa shape index (κ3) is 4.24. The second-order valence-electron chi connectivity index (χ2n) is 5.49. The molecule has 1 heterocycles. The summed E-state index contributed by atoms with van der Waals surface area (Å²) in [6.07, 6.45) is -0.497. The van der Waals surface area contributed by atoms with Gasteiger partial charge >= 0.3 is 6.18 Å². The molecule has 130 valence electrons. The molecule has 0 amide bonds. The number of imidazole rings is 1. The van der Waals surface area contributed by atoms with Crippen LogP contribution in [0.25, 0.3) is 11.8 Å². The smallest absolute Gasteiger partial charge is 0.300 e. The van der Waals surface area contributed by atoms with Crippen LogP contribution in [-0.2, 0) is 16.2 Å². The van der Waals surface area contributed by atoms with Crippen LogP contribution in [0.5, 0.6) is 0 Å². The average molecular weight is 359 g/mol. The number of benzene rings is 1. The van der Waals surface area contributed by atoms with Crippen molar-refractivity contribution >= 4 is 16.1 Å². The van der Waals surface area contributed by atoms with Crippen molar-refractivity contribution in [3.05, 3.63) is 48.1 Å². The first-order valence-corrected chi connectivity index (χ1v) is 8.51. The van der Waals surface area contributed by atoms with E-state index in [4.69, 9.17) is 5.14 Å². The third-order valence-electron chi connectivity index (χ3n) is 3.10. The Kier molecular flexibility index (Phi) is 4.86. The van der Waals surface area contributed by atoms with Crippen LogP contribution in [-0.4, -0.2) is 18.0 Å². The lowest BCUT2D eigenvalue weighted by Gasteiger charge is -2.06. The number of primary sulfonamides is 1. The van der Waals surface area contributed by atoms with E-state index in [1.165, 1.54) is 34.9 Å². The largest absolute Gasteiger partial charge is 0.434 e. The van der Waals surface area contributed by atoms with E-state index in [0.29, 0.717) is 5.69 Å². The molecule has 0 atom stereocenters. The Balaban J connectivity index is 2.53. The first-order valence-electron chi connectivity index (χ1n) is 6.96. The number of halogens is 3. The molecule has 0 spiro atoms. The molecule has 9 heteroatoms. The predicted octanol–water partition coefficient (Wildman–Crippen LogP) is 3.21. The number of nitrogens with zero attached hydrogens (tertiary/aromatic N) is 2. The average Bonchev–Trinajstić information content (AvgIpc) is 2.88. The number of allylic oxidation sites excluding steroid dienone is 1. The summed E-state index contributed by atoms with van der Waals surface area (Å²) in [7, 11) is -3.87. The van der Waals surface area contributed by atoms with Crippen LogP contribution >= 0.6 is 0 Å². The minimum Gasteiger partial charge on any atom is -0.300 e. The first kappa shape index (κ1) is 18.2. The van der Waals surface area contributed by atoms with E-state index in [9.17, 15) is 21.6 Å². The highest BCUT2D eigenvalue weighted by atomic mass is 32.2. The van der Waals surface area contributed by atoms with Crippen molar-refractivity contribution in [3.8, 4) is 5.69 Å². The van der Waals surface area contributed by atoms with Crippen LogP contribution in [0.1, 0.15) is 25.4 Å². The minimum absolute atomic E-state index is 0.0966. The highest BCUT2D eigenvalue weighted by Gasteiger charge is 2.34. The monoisotopic (exact) mass is 359 g/mol. The van der Waals surface area contributed by atoms with Gasteiger partial charge in [-0.2, -0.15) is 13.2 Å². The number of nitrogens with two attached hydrogens (primary N) is 1. The second kappa shape index (κ2) is 6.40. The van der Waals surface area contributed by atoms with Crippen LogP contribution in [0.4, 0.5) is 13.2 Å². The molecular weight excluding hydrogens is 343 g/mol. The van der Waals surface area contributed by atoms with Crippen LogP contribution in [0.15, 0.2) is 41.4 Å². The van der Waals surface area contributed by atoms with Crippen LogP contribution in [0.3, 0.4) is 0 Å². The van der Waals surface area contributed by atoms with Crippen molar-refractivity contribution in [3.63, 3.8) is 0 Å². The maximum absolute atomic E-state index is 12.9. The molecular formula is C15H16F3N3O2S. The maximum Gasteiger partial charge on any atom is 0.434 e. The first-order chi connectivity index (χ1) is 11.0. The molecule has 0 unspecified atom stereocenters. The van der Waals surface area contributed by atoms with Gasteiger partial charge in [-0.05, 0) is 36.3 Å². The molecule has 1 aromatic carbocycles. The van der Waals surface area contributed by atoms with Gasteiger partial charge in [0, 0.05) is 11.9 Å². The summed E-state index contributed by atoms with van der Waals surface area (Å²) >= 11 is 0. The van der Waals surface area contributed by atoms with E-state index in [-0.39, 0.29) is 16.6 Å². The lowest BCUT2D eigenvalue weighted by Crippen LogP contribution is -2.12. The Morgan fingerprint density at radius 2 is 1.79 bits per heavy atom. The number of aromatic nitrogens is 2. The zero-order valence-corrected chi connectivity index (χ0v) is 13.8. The zero-order valence-electron chi connectivity index (χ0n) is 12.9. The van der Waals surface area contributed by atoms with Crippen molar-refractivity contribution < 1.29 is 21.6 Å². The van der Waals surface area contributed by atoms with E-state index in [2.05, 4.69) is 4.98 Å². The molecule has 0 bridgehead atoms. The Labute approximate surface area is 137 Å². The number of alkyl halides is 3. The molecule has 5 nitrogen and oxygen atoms in total. The molecule has 0 radical (unpaired) electrons. The quantitative estimate of drug-likeness (QED) is 0.910. The van der Waals surface area contributed by atoms with Crippen molar-refractivity contribution in [2.45, 2.75) is 24.9 Å². The highest BCUT2D eigenvalue weighted by molar-refractivity contribution is 7.89. The van der Waals surface area contributed by atoms with Crippen molar-refractivity contribution in [1.82, 2.24) is 9.55 Å². The van der Waals surface area contributed by atoms with Crippen molar-refractivity contribution in [1.29, 1.82) is 0 Å². The molecule has 0 aliphatic heterocycles. The molecule has 2 rings (SSSR count). The topological polar surface area (TPSA) is 78.0 Å². The normalized spacial score (nSPS) is 13.1. The molecule has 0 fully saturated rings. The Morgan fingerprint density at radius 1 is 1.21 bits per heavy atom. The van der Waals surface area contributed by atoms with Gasteiger partial charge < -0.3 is 0 Å². The summed E-state index contributed by atoms with van der Waals surface area (Å²) in [4.78, 5) is 3.49. The van der Waals surface area contributed by atoms with Gasteiger partial charge in [0.15, 0.2) is 5.69 Å². The van der Waals surface area contributed by atoms with E-state index in [1.54, 1.807) is 6.08 Å². The summed E-state index contributed by atoms with van der Waals surface area (Å²) in [5, 5.41) is 5.01. The van der Waals surface area contributed by atoms with Crippen molar-refractivity contribution in [2.24, 2.45) is 11.1 Å². The summed E-state index contributed by atoms with van der Waals surface area (Å²) in [5.74, 6) is 0.230. The van der Waals surface area contributed by atoms with Gasteiger partial charge in [-0.1, -0.05) is 19.9 Å². The minimum atomic E-state index is -4.58. The molecule has 1 aromatic heterocycles. The molecule has 0 saturated carbocycles. The fourth-order valence-electron chi connectivity index (χ4n) is 1.93. The molecule has 24 heavy (non-hydrogen) atoms. The van der Waals surface area contributed by atoms with Gasteiger partial charge in [0.05, 0.1) is 4.90 Å². The lowest BCUT2D eigenvalue weighted by atomic mass is 10.2. The second-order valence-corrected chi connectivity index (χ2v) is 7.06. The molecule has 0 aliphatic rings. The third-order valence-corrected chi connectivity index (χ3v) is 4.03. The molecule has 0 saturated heterocycles. The van der Waals surface area contributed by atoms with Gasteiger partial charge in [-0.3, -0.25) is 4.57 Å². The summed E-state index contributed by atoms with van der Waals surface area (Å²) < 4.78 is 62.5. The van der Waals surface area contributed by atoms with Gasteiger partial charge in [0.1, 0.15) is 5.82 Å². The Morgan fingerprint density at radius 3 is 2.25 bits per heavy atom. The lowest BCUT2D eigenvalue weighted by molar-refractivity contribution is -0.140. The predicted molar refractivity (Wildman–Crippen MR) is 83.8 cm³/mol. The Bertz CT molecular complexity index is 851. The zero-order chi connectivity index (χ0) is 18.1. The highest BCUT2D eigenvalue weighted by Crippen LogP contribution is 2.30. The Hall–Kier alpha value is -2.13. The van der Waals surface area contributed by atoms with Crippen LogP contribution < -0.4 is 5.14 Å². The van der Waals surface area contributed by atoms with Gasteiger partial charge in [0.2, 0.25) is 10.0 Å². The van der Waals surface area contributed by atoms with Crippen molar-refractivity contribution in [2.75, 3.05) is 0 Å². The van der Waals surface area contributed by atoms with Gasteiger partial charge in [0.25, 0.3) is 0 Å². The number of rotatable bonds is 4. The number of hydrogen-bond acceptors (Lipinski definition) is 3. The fourth-order valence-corrected chi connectivity index (χ4v) is 2.45. The van der Waals surface area contributed by atoms with E-state index in [0.717, 1.165) is 6.20 Å². The summed E-state index contributed by atoms with van der Waals surface area (Å²) in [5.41, 5.74) is -0.685. The number of sulfonamides is 1. The molecule has 0 aliphatic carbocycles. The standard InChI is InChI=1S/C15H16F3N3O2S/c1-10(2)3-8-14-20-13(15(16,17)18)9-21(14)11-4-6-12(7-5-11)24(19,22)23/h3-10H,1-2H3,(H2,19,22,23)/b8-3+. The van der Waals surface area contributed by atoms with E-state index >= 15 is 0 Å². The number of hydrogen-bond donors (Lipinski definition) is 1. The van der Waals surface area contributed by atoms with E-state index < -0.39 is 21.9 Å². The molecule has 2 N–H and O–H groups in total. The summed E-state index contributed by atoms with van der Waals surface area (Å²) in [6.45, 7) is 3.77. The van der Waals surface area contributed by atoms with Gasteiger partial charge in [-0.15, -0.1) is 0 Å². The van der Waals surface area contributed by atoms with E-state index in [1.807, 2.05) is 13.8 Å². The van der Waals surface area contributed by atoms with Crippen LogP contribution in [0, 0.1) is 5.92 Å². The van der Waals surface area contributed by atoms with Gasteiger partial charge in [-0.25, -0.2) is 18.5 Å². The SMILES string of the molecule is CC(C)/C=C/c1nc(C(F)(F)F)cn1-c1ccc(S(N)(=O)=O)cc1. The summed E-state index contributed by atoms with van der Waals surface area (Å²) in [6, 6.07) is 5.20. The fraction of sp³-hybridized carbons (Fsp3) is 0.267.